The average molecular weight is 622 g/mol. The Labute approximate surface area is 258 Å². The van der Waals surface area contributed by atoms with E-state index in [4.69, 9.17) is 19.9 Å². The van der Waals surface area contributed by atoms with Crippen molar-refractivity contribution in [3.63, 3.8) is 0 Å². The summed E-state index contributed by atoms with van der Waals surface area (Å²) >= 11 is 0. The molecule has 0 aliphatic carbocycles. The van der Waals surface area contributed by atoms with Crippen LogP contribution in [0, 0.1) is 11.8 Å². The fourth-order valence-corrected chi connectivity index (χ4v) is 5.09. The number of phenols is 2. The van der Waals surface area contributed by atoms with Gasteiger partial charge >= 0.3 is 6.09 Å². The van der Waals surface area contributed by atoms with Crippen LogP contribution in [0.15, 0.2) is 41.5 Å². The number of hydrogen-bond acceptors (Lipinski definition) is 11. The first-order valence-corrected chi connectivity index (χ1v) is 14.4. The quantitative estimate of drug-likeness (QED) is 0.126. The SMILES string of the molecule is CO[C@H]1C=CC=C(C)C(=O)Nc2cc(O)c(NCC(O)CO)c(c2O)C[C@@H](C)C[C@H](OC)[C@H](O)[C@@H](C)C=C(C)[C@@H]1OC(N)=O. The number of phenolic OH excluding ortho intramolecular Hbond substituents is 2. The van der Waals surface area contributed by atoms with Crippen molar-refractivity contribution >= 4 is 23.4 Å². The molecule has 0 saturated carbocycles. The number of ether oxygens (including phenoxy) is 3. The molecule has 13 heteroatoms. The van der Waals surface area contributed by atoms with E-state index < -0.39 is 55.0 Å². The number of rotatable bonds is 7. The molecule has 44 heavy (non-hydrogen) atoms. The van der Waals surface area contributed by atoms with Gasteiger partial charge in [0.25, 0.3) is 5.91 Å². The molecule has 7 atom stereocenters. The number of allylic oxidation sites excluding steroid dienone is 2. The number of primary amides is 1. The van der Waals surface area contributed by atoms with E-state index in [1.54, 1.807) is 39.0 Å². The second kappa shape index (κ2) is 17.0. The summed E-state index contributed by atoms with van der Waals surface area (Å²) in [6, 6.07) is 1.19. The fourth-order valence-electron chi connectivity index (χ4n) is 5.09. The molecule has 1 unspecified atom stereocenters. The predicted octanol–water partition coefficient (Wildman–Crippen LogP) is 2.32. The molecule has 0 spiro atoms. The second-order valence-electron chi connectivity index (χ2n) is 11.2. The van der Waals surface area contributed by atoms with E-state index in [9.17, 15) is 35.1 Å². The number of carbonyl (C=O) groups is 2. The number of benzene rings is 1. The summed E-state index contributed by atoms with van der Waals surface area (Å²) < 4.78 is 16.6. The van der Waals surface area contributed by atoms with E-state index in [1.165, 1.54) is 26.4 Å². The first-order chi connectivity index (χ1) is 20.7. The summed E-state index contributed by atoms with van der Waals surface area (Å²) in [6.45, 7) is 6.31. The maximum Gasteiger partial charge on any atom is 0.405 e. The van der Waals surface area contributed by atoms with Crippen molar-refractivity contribution in [1.82, 2.24) is 0 Å². The normalized spacial score (nSPS) is 26.2. The van der Waals surface area contributed by atoms with E-state index in [2.05, 4.69) is 10.6 Å². The van der Waals surface area contributed by atoms with Crippen LogP contribution in [0.2, 0.25) is 0 Å². The molecule has 0 fully saturated rings. The van der Waals surface area contributed by atoms with Crippen molar-refractivity contribution in [1.29, 1.82) is 0 Å². The van der Waals surface area contributed by atoms with Gasteiger partial charge in [-0.15, -0.1) is 0 Å². The minimum atomic E-state index is -1.12. The Morgan fingerprint density at radius 3 is 2.48 bits per heavy atom. The van der Waals surface area contributed by atoms with Crippen LogP contribution in [0.25, 0.3) is 0 Å². The van der Waals surface area contributed by atoms with Gasteiger partial charge in [0.15, 0.2) is 6.10 Å². The number of anilines is 2. The molecule has 1 aliphatic rings. The summed E-state index contributed by atoms with van der Waals surface area (Å²) in [5.74, 6) is -1.85. The lowest BCUT2D eigenvalue weighted by atomic mass is 9.87. The number of aromatic hydroxyl groups is 2. The zero-order valence-corrected chi connectivity index (χ0v) is 26.1. The van der Waals surface area contributed by atoms with Crippen LogP contribution in [0.4, 0.5) is 16.2 Å². The number of methoxy groups -OCH3 is 2. The number of aliphatic hydroxyl groups excluding tert-OH is 3. The van der Waals surface area contributed by atoms with Gasteiger partial charge in [-0.25, -0.2) is 4.79 Å². The molecule has 13 nitrogen and oxygen atoms in total. The van der Waals surface area contributed by atoms with Crippen LogP contribution in [-0.4, -0.2) is 95.4 Å². The first-order valence-electron chi connectivity index (χ1n) is 14.4. The van der Waals surface area contributed by atoms with Crippen molar-refractivity contribution in [3.05, 3.63) is 47.1 Å². The topological polar surface area (TPSA) is 213 Å². The van der Waals surface area contributed by atoms with Gasteiger partial charge in [0.05, 0.1) is 36.3 Å². The molecule has 1 aliphatic heterocycles. The Balaban J connectivity index is 2.66. The minimum absolute atomic E-state index is 0.0425. The van der Waals surface area contributed by atoms with Gasteiger partial charge in [-0.05, 0) is 38.2 Å². The summed E-state index contributed by atoms with van der Waals surface area (Å²) in [7, 11) is 2.90. The lowest BCUT2D eigenvalue weighted by Gasteiger charge is -2.29. The monoisotopic (exact) mass is 621 g/mol. The molecule has 0 radical (unpaired) electrons. The molecule has 1 heterocycles. The largest absolute Gasteiger partial charge is 0.506 e. The van der Waals surface area contributed by atoms with Crippen LogP contribution < -0.4 is 16.4 Å². The van der Waals surface area contributed by atoms with Crippen LogP contribution >= 0.6 is 0 Å². The van der Waals surface area contributed by atoms with Gasteiger partial charge in [-0.3, -0.25) is 4.79 Å². The Morgan fingerprint density at radius 2 is 1.89 bits per heavy atom. The van der Waals surface area contributed by atoms with E-state index in [-0.39, 0.29) is 52.9 Å². The van der Waals surface area contributed by atoms with Gasteiger partial charge in [-0.2, -0.15) is 0 Å². The van der Waals surface area contributed by atoms with Crippen LogP contribution in [0.3, 0.4) is 0 Å². The molecule has 1 aromatic carbocycles. The highest BCUT2D eigenvalue weighted by atomic mass is 16.6. The van der Waals surface area contributed by atoms with Crippen molar-refractivity contribution in [3.8, 4) is 11.5 Å². The van der Waals surface area contributed by atoms with Crippen LogP contribution in [0.5, 0.6) is 11.5 Å². The second-order valence-corrected chi connectivity index (χ2v) is 11.2. The Bertz CT molecular complexity index is 1230. The molecule has 2 bridgehead atoms. The van der Waals surface area contributed by atoms with Gasteiger partial charge < -0.3 is 56.1 Å². The fraction of sp³-hybridized carbons (Fsp3) is 0.548. The molecule has 1 aromatic rings. The highest BCUT2D eigenvalue weighted by Gasteiger charge is 2.30. The smallest absolute Gasteiger partial charge is 0.405 e. The number of nitrogens with one attached hydrogen (secondary N) is 2. The zero-order chi connectivity index (χ0) is 33.1. The average Bonchev–Trinajstić information content (AvgIpc) is 2.97. The summed E-state index contributed by atoms with van der Waals surface area (Å²) in [6.07, 6.45) is 1.40. The third kappa shape index (κ3) is 9.96. The van der Waals surface area contributed by atoms with Crippen molar-refractivity contribution in [2.45, 2.75) is 71.1 Å². The summed E-state index contributed by atoms with van der Waals surface area (Å²) in [5.41, 5.74) is 6.52. The first kappa shape index (κ1) is 36.6. The van der Waals surface area contributed by atoms with E-state index in [0.29, 0.717) is 12.0 Å². The number of carbonyl (C=O) groups excluding carboxylic acids is 2. The minimum Gasteiger partial charge on any atom is -0.506 e. The third-order valence-corrected chi connectivity index (χ3v) is 7.56. The number of hydrogen-bond donors (Lipinski definition) is 8. The third-order valence-electron chi connectivity index (χ3n) is 7.56. The standard InChI is InChI=1S/C31H47N3O10/c1-16-10-21-26(33-14-20(36)15-35)23(37)13-22(28(21)39)34-30(40)17(2)8-7-9-24(42-5)29(44-31(32)41)19(4)12-18(3)27(38)25(11-16)43-6/h7-9,12-13,16,18,20,24-25,27,29,33,35-39H,10-11,14-15H2,1-6H3,(H2,32,41)(H,34,40)/t16-,18+,20?,24+,25+,27-,29+/m1/s1. The van der Waals surface area contributed by atoms with E-state index in [1.807, 2.05) is 6.92 Å². The van der Waals surface area contributed by atoms with Crippen LogP contribution in [-0.2, 0) is 25.4 Å². The number of nitrogens with two attached hydrogens (primary N) is 1. The molecule has 2 rings (SSSR count). The Morgan fingerprint density at radius 1 is 1.20 bits per heavy atom. The predicted molar refractivity (Wildman–Crippen MR) is 165 cm³/mol. The molecule has 0 aromatic heterocycles. The maximum atomic E-state index is 13.0. The molecular formula is C31H47N3O10. The molecule has 246 valence electrons. The maximum absolute atomic E-state index is 13.0. The summed E-state index contributed by atoms with van der Waals surface area (Å²) in [5, 5.41) is 58.0. The van der Waals surface area contributed by atoms with Gasteiger partial charge in [0, 0.05) is 43.9 Å². The van der Waals surface area contributed by atoms with Gasteiger partial charge in [-0.1, -0.05) is 38.2 Å². The molecule has 2 amide bonds. The number of amides is 2. The highest BCUT2D eigenvalue weighted by molar-refractivity contribution is 6.04. The Hall–Kier alpha value is -3.62. The van der Waals surface area contributed by atoms with Gasteiger partial charge in [0.1, 0.15) is 17.6 Å². The van der Waals surface area contributed by atoms with E-state index in [0.717, 1.165) is 0 Å². The molecule has 9 N–H and O–H groups in total. The van der Waals surface area contributed by atoms with E-state index >= 15 is 0 Å². The zero-order valence-electron chi connectivity index (χ0n) is 26.1. The van der Waals surface area contributed by atoms with Crippen molar-refractivity contribution in [2.75, 3.05) is 38.0 Å². The number of fused-ring (bicyclic) bond motifs is 2. The lowest BCUT2D eigenvalue weighted by molar-refractivity contribution is -0.112. The van der Waals surface area contributed by atoms with Gasteiger partial charge in [0.2, 0.25) is 0 Å². The van der Waals surface area contributed by atoms with Crippen molar-refractivity contribution in [2.24, 2.45) is 17.6 Å². The highest BCUT2D eigenvalue weighted by Crippen LogP contribution is 2.42. The number of aliphatic hydroxyl groups is 3. The van der Waals surface area contributed by atoms with Crippen molar-refractivity contribution < 1.29 is 49.3 Å². The Kier molecular flexibility index (Phi) is 14.1. The summed E-state index contributed by atoms with van der Waals surface area (Å²) in [4.78, 5) is 24.8. The van der Waals surface area contributed by atoms with Crippen LogP contribution in [0.1, 0.15) is 39.7 Å². The molecular weight excluding hydrogens is 574 g/mol. The lowest BCUT2D eigenvalue weighted by Crippen LogP contribution is -2.37. The molecule has 0 saturated heterocycles.